The SMILES string of the molecule is O=C1C[C@H](c2noc(C(C3CC3)C3CC3)n2)CN1CC1CCC1. The summed E-state index contributed by atoms with van der Waals surface area (Å²) < 4.78 is 5.63. The number of carbonyl (C=O) groups excluding carboxylic acids is 1. The molecule has 3 saturated carbocycles. The van der Waals surface area contributed by atoms with E-state index >= 15 is 0 Å². The number of nitrogens with zero attached hydrogens (tertiary/aromatic N) is 3. The number of hydrogen-bond donors (Lipinski definition) is 0. The molecule has 124 valence electrons. The Bertz CT molecular complexity index is 589. The van der Waals surface area contributed by atoms with Crippen LogP contribution in [-0.2, 0) is 4.79 Å². The Balaban J connectivity index is 1.27. The van der Waals surface area contributed by atoms with Gasteiger partial charge in [0.1, 0.15) is 0 Å². The average molecular weight is 315 g/mol. The van der Waals surface area contributed by atoms with Crippen molar-refractivity contribution < 1.29 is 9.32 Å². The molecule has 1 aliphatic heterocycles. The molecule has 1 aromatic rings. The van der Waals surface area contributed by atoms with Crippen LogP contribution in [0.2, 0.25) is 0 Å². The zero-order valence-electron chi connectivity index (χ0n) is 13.6. The molecule has 0 aromatic carbocycles. The first-order valence-electron chi connectivity index (χ1n) is 9.39. The van der Waals surface area contributed by atoms with Gasteiger partial charge in [-0.15, -0.1) is 0 Å². The molecule has 3 aliphatic carbocycles. The molecule has 4 fully saturated rings. The van der Waals surface area contributed by atoms with Gasteiger partial charge in [-0.2, -0.15) is 4.98 Å². The highest BCUT2D eigenvalue weighted by molar-refractivity contribution is 5.79. The fourth-order valence-corrected chi connectivity index (χ4v) is 4.36. The molecule has 0 radical (unpaired) electrons. The number of aromatic nitrogens is 2. The molecule has 4 aliphatic rings. The molecule has 2 heterocycles. The Morgan fingerprint density at radius 2 is 1.87 bits per heavy atom. The van der Waals surface area contributed by atoms with E-state index in [0.29, 0.717) is 12.3 Å². The lowest BCUT2D eigenvalue weighted by Crippen LogP contribution is -2.33. The summed E-state index contributed by atoms with van der Waals surface area (Å²) in [5.74, 6) is 4.82. The first kappa shape index (κ1) is 14.0. The Morgan fingerprint density at radius 1 is 1.13 bits per heavy atom. The van der Waals surface area contributed by atoms with Crippen molar-refractivity contribution in [2.24, 2.45) is 17.8 Å². The molecule has 1 amide bonds. The van der Waals surface area contributed by atoms with Crippen molar-refractivity contribution in [1.29, 1.82) is 0 Å². The van der Waals surface area contributed by atoms with Crippen LogP contribution in [0.4, 0.5) is 0 Å². The number of likely N-dealkylation sites (tertiary alicyclic amines) is 1. The van der Waals surface area contributed by atoms with Crippen LogP contribution in [0.15, 0.2) is 4.52 Å². The lowest BCUT2D eigenvalue weighted by molar-refractivity contribution is -0.128. The molecular weight excluding hydrogens is 290 g/mol. The van der Waals surface area contributed by atoms with Gasteiger partial charge in [0.2, 0.25) is 11.8 Å². The number of hydrogen-bond acceptors (Lipinski definition) is 4. The van der Waals surface area contributed by atoms with E-state index in [0.717, 1.165) is 42.6 Å². The highest BCUT2D eigenvalue weighted by atomic mass is 16.5. The van der Waals surface area contributed by atoms with E-state index < -0.39 is 0 Å². The van der Waals surface area contributed by atoms with Gasteiger partial charge in [-0.05, 0) is 56.3 Å². The van der Waals surface area contributed by atoms with E-state index in [4.69, 9.17) is 9.51 Å². The van der Waals surface area contributed by atoms with Gasteiger partial charge in [0, 0.05) is 31.3 Å². The number of rotatable bonds is 6. The van der Waals surface area contributed by atoms with Crippen LogP contribution >= 0.6 is 0 Å². The zero-order chi connectivity index (χ0) is 15.4. The van der Waals surface area contributed by atoms with Crippen LogP contribution in [0.25, 0.3) is 0 Å². The van der Waals surface area contributed by atoms with E-state index in [2.05, 4.69) is 5.16 Å². The zero-order valence-corrected chi connectivity index (χ0v) is 13.6. The van der Waals surface area contributed by atoms with Crippen LogP contribution in [0.5, 0.6) is 0 Å². The third-order valence-electron chi connectivity index (χ3n) is 6.29. The fourth-order valence-electron chi connectivity index (χ4n) is 4.36. The summed E-state index contributed by atoms with van der Waals surface area (Å²) in [4.78, 5) is 19.0. The van der Waals surface area contributed by atoms with Crippen LogP contribution in [-0.4, -0.2) is 34.0 Å². The summed E-state index contributed by atoms with van der Waals surface area (Å²) in [7, 11) is 0. The van der Waals surface area contributed by atoms with Crippen molar-refractivity contribution in [2.45, 2.75) is 63.2 Å². The average Bonchev–Trinajstić information content (AvgIpc) is 3.40. The van der Waals surface area contributed by atoms with E-state index in [-0.39, 0.29) is 11.8 Å². The fraction of sp³-hybridized carbons (Fsp3) is 0.833. The number of amides is 1. The molecule has 1 aromatic heterocycles. The first-order chi connectivity index (χ1) is 11.3. The van der Waals surface area contributed by atoms with Crippen molar-refractivity contribution in [3.05, 3.63) is 11.7 Å². The lowest BCUT2D eigenvalue weighted by Gasteiger charge is -2.30. The third-order valence-corrected chi connectivity index (χ3v) is 6.29. The van der Waals surface area contributed by atoms with Crippen LogP contribution in [0, 0.1) is 17.8 Å². The van der Waals surface area contributed by atoms with Crippen molar-refractivity contribution in [3.8, 4) is 0 Å². The normalized spacial score (nSPS) is 28.7. The van der Waals surface area contributed by atoms with Gasteiger partial charge in [0.25, 0.3) is 0 Å². The predicted octanol–water partition coefficient (Wildman–Crippen LogP) is 3.09. The number of carbonyl (C=O) groups is 1. The van der Waals surface area contributed by atoms with Crippen molar-refractivity contribution in [2.75, 3.05) is 13.1 Å². The van der Waals surface area contributed by atoms with Gasteiger partial charge in [0.05, 0.1) is 0 Å². The second-order valence-electron chi connectivity index (χ2n) is 8.19. The molecule has 0 spiro atoms. The molecule has 23 heavy (non-hydrogen) atoms. The van der Waals surface area contributed by atoms with Gasteiger partial charge in [-0.1, -0.05) is 11.6 Å². The largest absolute Gasteiger partial charge is 0.342 e. The summed E-state index contributed by atoms with van der Waals surface area (Å²) >= 11 is 0. The smallest absolute Gasteiger partial charge is 0.230 e. The van der Waals surface area contributed by atoms with Crippen molar-refractivity contribution >= 4 is 5.91 Å². The minimum absolute atomic E-state index is 0.138. The van der Waals surface area contributed by atoms with Gasteiger partial charge in [-0.3, -0.25) is 4.79 Å². The molecule has 1 saturated heterocycles. The second-order valence-corrected chi connectivity index (χ2v) is 8.19. The standard InChI is InChI=1S/C18H25N3O2/c22-15-8-14(10-21(15)9-11-2-1-3-11)17-19-18(23-20-17)16(12-4-5-12)13-6-7-13/h11-14,16H,1-10H2/t14-/m0/s1. The molecular formula is C18H25N3O2. The highest BCUT2D eigenvalue weighted by Gasteiger charge is 2.46. The molecule has 5 rings (SSSR count). The summed E-state index contributed by atoms with van der Waals surface area (Å²) in [6.45, 7) is 1.72. The Labute approximate surface area is 136 Å². The van der Waals surface area contributed by atoms with Crippen LogP contribution in [0.1, 0.15) is 74.9 Å². The van der Waals surface area contributed by atoms with E-state index in [1.165, 1.54) is 44.9 Å². The lowest BCUT2D eigenvalue weighted by atomic mass is 9.85. The quantitative estimate of drug-likeness (QED) is 0.809. The van der Waals surface area contributed by atoms with Crippen molar-refractivity contribution in [3.63, 3.8) is 0 Å². The maximum Gasteiger partial charge on any atom is 0.230 e. The van der Waals surface area contributed by atoms with E-state index in [1.54, 1.807) is 0 Å². The minimum atomic E-state index is 0.138. The van der Waals surface area contributed by atoms with Crippen LogP contribution in [0.3, 0.4) is 0 Å². The Kier molecular flexibility index (Phi) is 3.24. The molecule has 5 nitrogen and oxygen atoms in total. The van der Waals surface area contributed by atoms with E-state index in [1.807, 2.05) is 4.90 Å². The Morgan fingerprint density at radius 3 is 2.48 bits per heavy atom. The van der Waals surface area contributed by atoms with Crippen molar-refractivity contribution in [1.82, 2.24) is 15.0 Å². The molecule has 1 atom stereocenters. The first-order valence-corrected chi connectivity index (χ1v) is 9.39. The highest BCUT2D eigenvalue weighted by Crippen LogP contribution is 2.54. The second kappa shape index (κ2) is 5.32. The third kappa shape index (κ3) is 2.68. The minimum Gasteiger partial charge on any atom is -0.342 e. The molecule has 0 bridgehead atoms. The summed E-state index contributed by atoms with van der Waals surface area (Å²) in [6.07, 6.45) is 9.71. The Hall–Kier alpha value is -1.39. The molecule has 0 unspecified atom stereocenters. The molecule has 0 N–H and O–H groups in total. The monoisotopic (exact) mass is 315 g/mol. The molecule has 5 heteroatoms. The van der Waals surface area contributed by atoms with E-state index in [9.17, 15) is 4.79 Å². The topological polar surface area (TPSA) is 59.2 Å². The van der Waals surface area contributed by atoms with Gasteiger partial charge < -0.3 is 9.42 Å². The van der Waals surface area contributed by atoms with Crippen LogP contribution < -0.4 is 0 Å². The maximum absolute atomic E-state index is 12.3. The van der Waals surface area contributed by atoms with Gasteiger partial charge in [-0.25, -0.2) is 0 Å². The van der Waals surface area contributed by atoms with Gasteiger partial charge >= 0.3 is 0 Å². The van der Waals surface area contributed by atoms with Gasteiger partial charge in [0.15, 0.2) is 5.82 Å². The summed E-state index contributed by atoms with van der Waals surface area (Å²) in [5.41, 5.74) is 0. The maximum atomic E-state index is 12.3. The summed E-state index contributed by atoms with van der Waals surface area (Å²) in [5, 5.41) is 4.26. The summed E-state index contributed by atoms with van der Waals surface area (Å²) in [6, 6.07) is 0. The predicted molar refractivity (Wildman–Crippen MR) is 83.8 cm³/mol.